The van der Waals surface area contributed by atoms with Crippen molar-refractivity contribution in [2.45, 2.75) is 111 Å². The largest absolute Gasteiger partial charge is 0.444 e. The average Bonchev–Trinajstić information content (AvgIpc) is 3.70. The fraction of sp³-hybridized carbons (Fsp3) is 0.525. The Hall–Kier alpha value is -4.45. The number of Topliss-reactive ketones (excluding diaryl/α,β-unsaturated/α-hetero) is 1. The number of benzene rings is 1. The van der Waals surface area contributed by atoms with Crippen molar-refractivity contribution in [3.63, 3.8) is 0 Å². The third-order valence-electron chi connectivity index (χ3n) is 9.93. The van der Waals surface area contributed by atoms with Crippen molar-refractivity contribution in [1.29, 1.82) is 5.26 Å². The fourth-order valence-corrected chi connectivity index (χ4v) is 7.83. The van der Waals surface area contributed by atoms with Crippen molar-refractivity contribution in [2.75, 3.05) is 32.5 Å². The molecule has 290 valence electrons. The summed E-state index contributed by atoms with van der Waals surface area (Å²) in [6, 6.07) is 1.42. The third kappa shape index (κ3) is 8.13. The summed E-state index contributed by atoms with van der Waals surface area (Å²) in [5.41, 5.74) is 1.08. The summed E-state index contributed by atoms with van der Waals surface area (Å²) in [5.74, 6) is -0.268. The van der Waals surface area contributed by atoms with E-state index in [-0.39, 0.29) is 62.0 Å². The van der Waals surface area contributed by atoms with Crippen LogP contribution < -0.4 is 10.6 Å². The number of pyridine rings is 1. The number of fused-ring (bicyclic) bond motifs is 2. The Balaban J connectivity index is 1.71. The molecular weight excluding hydrogens is 713 g/mol. The molecule has 4 heterocycles. The number of hydrogen-bond donors (Lipinski definition) is 2. The van der Waals surface area contributed by atoms with Gasteiger partial charge < -0.3 is 24.6 Å². The normalized spacial score (nSPS) is 16.3. The number of hydrogen-bond acceptors (Lipinski definition) is 10. The molecule has 1 atom stereocenters. The number of likely N-dealkylation sites (N-methyl/N-ethyl adjacent to an activating group) is 1. The molecule has 2 N–H and O–H groups in total. The van der Waals surface area contributed by atoms with Crippen LogP contribution in [-0.4, -0.2) is 76.9 Å². The number of rotatable bonds is 12. The maximum absolute atomic E-state index is 17.3. The number of nitrogens with one attached hydrogen (secondary N) is 2. The van der Waals surface area contributed by atoms with Crippen molar-refractivity contribution in [1.82, 2.24) is 20.1 Å². The van der Waals surface area contributed by atoms with Gasteiger partial charge in [0.1, 0.15) is 40.2 Å². The lowest BCUT2D eigenvalue weighted by Gasteiger charge is -2.53. The number of aliphatic imine (C=N–C) groups is 1. The number of amides is 1. The second-order valence-corrected chi connectivity index (χ2v) is 16.5. The van der Waals surface area contributed by atoms with E-state index < -0.39 is 29.4 Å². The first-order valence-electron chi connectivity index (χ1n) is 18.4. The number of thiophene rings is 1. The molecule has 1 fully saturated rings. The number of ketones is 1. The number of carbonyl (C=O) groups excluding carboxylic acids is 2. The maximum Gasteiger partial charge on any atom is 0.412 e. The van der Waals surface area contributed by atoms with E-state index in [9.17, 15) is 14.9 Å². The van der Waals surface area contributed by atoms with E-state index in [0.29, 0.717) is 28.9 Å². The highest BCUT2D eigenvalue weighted by Crippen LogP contribution is 2.45. The average molecular weight is 764 g/mol. The number of amidine groups is 1. The lowest BCUT2D eigenvalue weighted by Crippen LogP contribution is -2.67. The van der Waals surface area contributed by atoms with E-state index in [1.807, 2.05) is 6.92 Å². The summed E-state index contributed by atoms with van der Waals surface area (Å²) in [5, 5.41) is 16.6. The number of allylic oxidation sites excluding steroid dienone is 1. The summed E-state index contributed by atoms with van der Waals surface area (Å²) >= 11 is 0.851. The molecule has 1 aromatic carbocycles. The second-order valence-electron chi connectivity index (χ2n) is 15.5. The van der Waals surface area contributed by atoms with Crippen LogP contribution in [0.3, 0.4) is 0 Å². The highest BCUT2D eigenvalue weighted by atomic mass is 32.1. The number of unbranched alkanes of at least 4 members (excludes halogenated alkanes) is 1. The number of ether oxygens (including phenoxy) is 2. The lowest BCUT2D eigenvalue weighted by atomic mass is 9.89. The first-order chi connectivity index (χ1) is 25.4. The van der Waals surface area contributed by atoms with Crippen molar-refractivity contribution in [2.24, 2.45) is 4.99 Å². The standard InChI is InChI=1S/C40H51F2N7O4S/c1-11-13-15-29(49-20-40(8,21-49)48(9)10)46-36(45-28(14-12-2)23(4)50)30-22(3)33(42)31(26-19-52-18-25(26)30)34-32-24(16-43)37(47-38(51)53-39(5,6)7)54-35(32)27(41)17-44-34/h15,17,28H,11-14,18-21H2,1-10H3,(H,45,46)(H,47,51)/b29-15-. The van der Waals surface area contributed by atoms with Gasteiger partial charge in [0.05, 0.1) is 40.9 Å². The van der Waals surface area contributed by atoms with Crippen molar-refractivity contribution >= 4 is 44.1 Å². The van der Waals surface area contributed by atoms with Crippen LogP contribution in [0.2, 0.25) is 0 Å². The highest BCUT2D eigenvalue weighted by molar-refractivity contribution is 7.23. The molecule has 1 amide bonds. The van der Waals surface area contributed by atoms with Crippen LogP contribution >= 0.6 is 11.3 Å². The Labute approximate surface area is 320 Å². The van der Waals surface area contributed by atoms with Crippen LogP contribution in [0.15, 0.2) is 23.1 Å². The quantitative estimate of drug-likeness (QED) is 0.139. The van der Waals surface area contributed by atoms with Gasteiger partial charge in [-0.05, 0) is 91.2 Å². The molecule has 0 bridgehead atoms. The zero-order valence-corrected chi connectivity index (χ0v) is 33.7. The smallest absolute Gasteiger partial charge is 0.412 e. The fourth-order valence-electron chi connectivity index (χ4n) is 6.79. The van der Waals surface area contributed by atoms with Crippen LogP contribution in [0, 0.1) is 29.9 Å². The second kappa shape index (κ2) is 16.1. The number of likely N-dealkylation sites (tertiary alicyclic amines) is 1. The minimum Gasteiger partial charge on any atom is -0.444 e. The van der Waals surface area contributed by atoms with E-state index in [0.717, 1.165) is 55.7 Å². The zero-order chi connectivity index (χ0) is 39.7. The van der Waals surface area contributed by atoms with E-state index >= 15 is 8.78 Å². The minimum absolute atomic E-state index is 0.0225. The van der Waals surface area contributed by atoms with Gasteiger partial charge in [0.25, 0.3) is 0 Å². The van der Waals surface area contributed by atoms with E-state index in [2.05, 4.69) is 65.5 Å². The number of nitrogens with zero attached hydrogens (tertiary/aromatic N) is 5. The van der Waals surface area contributed by atoms with Gasteiger partial charge in [0.2, 0.25) is 0 Å². The molecule has 0 saturated carbocycles. The Morgan fingerprint density at radius 1 is 1.22 bits per heavy atom. The number of carbonyl (C=O) groups is 2. The summed E-state index contributed by atoms with van der Waals surface area (Å²) in [4.78, 5) is 39.5. The lowest BCUT2D eigenvalue weighted by molar-refractivity contribution is -0.118. The minimum atomic E-state index is -0.818. The zero-order valence-electron chi connectivity index (χ0n) is 32.9. The first kappa shape index (κ1) is 40.7. The van der Waals surface area contributed by atoms with Crippen LogP contribution in [0.25, 0.3) is 21.3 Å². The molecule has 14 heteroatoms. The first-order valence-corrected chi connectivity index (χ1v) is 19.2. The Morgan fingerprint density at radius 3 is 2.50 bits per heavy atom. The molecule has 0 spiro atoms. The van der Waals surface area contributed by atoms with Gasteiger partial charge in [-0.15, -0.1) is 11.3 Å². The number of anilines is 1. The van der Waals surface area contributed by atoms with Crippen LogP contribution in [0.1, 0.15) is 102 Å². The van der Waals surface area contributed by atoms with Gasteiger partial charge in [-0.3, -0.25) is 20.1 Å². The monoisotopic (exact) mass is 763 g/mol. The van der Waals surface area contributed by atoms with Crippen molar-refractivity contribution in [3.05, 3.63) is 57.5 Å². The molecule has 5 rings (SSSR count). The molecule has 2 aromatic heterocycles. The van der Waals surface area contributed by atoms with Gasteiger partial charge in [0.15, 0.2) is 11.6 Å². The summed E-state index contributed by atoms with van der Waals surface area (Å²) < 4.78 is 44.1. The van der Waals surface area contributed by atoms with Crippen molar-refractivity contribution in [3.8, 4) is 17.3 Å². The Bertz CT molecular complexity index is 2060. The Kier molecular flexibility index (Phi) is 12.1. The molecular formula is C40H51F2N7O4S. The molecule has 0 radical (unpaired) electrons. The summed E-state index contributed by atoms with van der Waals surface area (Å²) in [6.07, 6.45) is 5.24. The van der Waals surface area contributed by atoms with Gasteiger partial charge in [-0.2, -0.15) is 5.26 Å². The predicted molar refractivity (Wildman–Crippen MR) is 208 cm³/mol. The molecule has 0 aliphatic carbocycles. The number of nitriles is 1. The Morgan fingerprint density at radius 2 is 1.91 bits per heavy atom. The van der Waals surface area contributed by atoms with Crippen LogP contribution in [0.4, 0.5) is 18.6 Å². The third-order valence-corrected chi connectivity index (χ3v) is 11.0. The molecule has 2 aliphatic heterocycles. The van der Waals surface area contributed by atoms with Crippen LogP contribution in [-0.2, 0) is 27.5 Å². The highest BCUT2D eigenvalue weighted by Gasteiger charge is 2.42. The summed E-state index contributed by atoms with van der Waals surface area (Å²) in [7, 11) is 4.12. The SMILES string of the molecule is CCC/C=C(/NC(=NC(CCC)C(C)=O)c1c(C)c(F)c(-c2ncc(F)c3sc(NC(=O)OC(C)(C)C)c(C#N)c23)c2c1COC2)N1CC(C)(N(C)C)C1. The maximum atomic E-state index is 17.3. The topological polar surface area (TPSA) is 132 Å². The number of aromatic nitrogens is 1. The van der Waals surface area contributed by atoms with Gasteiger partial charge >= 0.3 is 6.09 Å². The molecule has 54 heavy (non-hydrogen) atoms. The molecule has 2 aliphatic rings. The molecule has 1 unspecified atom stereocenters. The molecule has 11 nitrogen and oxygen atoms in total. The van der Waals surface area contributed by atoms with Gasteiger partial charge in [-0.25, -0.2) is 13.6 Å². The molecule has 1 saturated heterocycles. The van der Waals surface area contributed by atoms with Gasteiger partial charge in [-0.1, -0.05) is 26.7 Å². The van der Waals surface area contributed by atoms with Crippen molar-refractivity contribution < 1.29 is 27.8 Å². The van der Waals surface area contributed by atoms with Crippen LogP contribution in [0.5, 0.6) is 0 Å². The molecule has 3 aromatic rings. The van der Waals surface area contributed by atoms with Gasteiger partial charge in [0, 0.05) is 29.6 Å². The number of halogens is 2. The van der Waals surface area contributed by atoms with E-state index in [1.165, 1.54) is 6.92 Å². The predicted octanol–water partition coefficient (Wildman–Crippen LogP) is 8.17. The van der Waals surface area contributed by atoms with E-state index in [1.54, 1.807) is 27.7 Å². The summed E-state index contributed by atoms with van der Waals surface area (Å²) in [6.45, 7) is 16.2. The van der Waals surface area contributed by atoms with E-state index in [4.69, 9.17) is 14.5 Å².